The number of benzene rings is 1. The van der Waals surface area contributed by atoms with Gasteiger partial charge in [0, 0.05) is 11.9 Å². The number of ether oxygens (including phenoxy) is 1. The van der Waals surface area contributed by atoms with E-state index in [1.165, 1.54) is 0 Å². The van der Waals surface area contributed by atoms with Crippen molar-refractivity contribution in [3.8, 4) is 5.75 Å². The fraction of sp³-hybridized carbons (Fsp3) is 0.308. The highest BCUT2D eigenvalue weighted by Crippen LogP contribution is 2.21. The summed E-state index contributed by atoms with van der Waals surface area (Å²) in [6.07, 6.45) is 0. The van der Waals surface area contributed by atoms with Crippen LogP contribution in [0.15, 0.2) is 30.3 Å². The number of pyridine rings is 1. The highest BCUT2D eigenvalue weighted by atomic mass is 16.5. The summed E-state index contributed by atoms with van der Waals surface area (Å²) in [6, 6.07) is 10.0. The molecule has 1 aromatic heterocycles. The minimum absolute atomic E-state index is 0.689. The van der Waals surface area contributed by atoms with Crippen molar-refractivity contribution in [2.75, 3.05) is 18.5 Å². The third-order valence-electron chi connectivity index (χ3n) is 2.33. The van der Waals surface area contributed by atoms with Crippen LogP contribution in [0, 0.1) is 0 Å². The van der Waals surface area contributed by atoms with Gasteiger partial charge in [0.15, 0.2) is 0 Å². The molecular formula is C13H16N2O. The molecule has 3 nitrogen and oxygen atoms in total. The molecule has 0 radical (unpaired) electrons. The molecule has 0 aliphatic rings. The molecule has 0 saturated heterocycles. The minimum atomic E-state index is 0.689. The number of nitrogens with one attached hydrogen (secondary N) is 1. The van der Waals surface area contributed by atoms with Crippen molar-refractivity contribution in [3.05, 3.63) is 30.3 Å². The number of rotatable bonds is 4. The van der Waals surface area contributed by atoms with Crippen LogP contribution < -0.4 is 10.1 Å². The van der Waals surface area contributed by atoms with Gasteiger partial charge in [0.1, 0.15) is 11.6 Å². The summed E-state index contributed by atoms with van der Waals surface area (Å²) < 4.78 is 5.45. The predicted octanol–water partition coefficient (Wildman–Crippen LogP) is 3.07. The fourth-order valence-electron chi connectivity index (χ4n) is 1.64. The summed E-state index contributed by atoms with van der Waals surface area (Å²) in [5.41, 5.74) is 0.988. The molecule has 0 saturated carbocycles. The number of fused-ring (bicyclic) bond motifs is 1. The fourth-order valence-corrected chi connectivity index (χ4v) is 1.64. The lowest BCUT2D eigenvalue weighted by molar-refractivity contribution is 0.340. The van der Waals surface area contributed by atoms with Crippen LogP contribution in [0.4, 0.5) is 5.82 Å². The van der Waals surface area contributed by atoms with Crippen molar-refractivity contribution in [2.24, 2.45) is 0 Å². The zero-order valence-corrected chi connectivity index (χ0v) is 9.66. The van der Waals surface area contributed by atoms with Gasteiger partial charge in [0.2, 0.25) is 0 Å². The van der Waals surface area contributed by atoms with Crippen LogP contribution in [0.3, 0.4) is 0 Å². The third-order valence-corrected chi connectivity index (χ3v) is 2.33. The smallest absolute Gasteiger partial charge is 0.126 e. The van der Waals surface area contributed by atoms with Crippen LogP contribution in [-0.4, -0.2) is 18.1 Å². The lowest BCUT2D eigenvalue weighted by Gasteiger charge is -2.06. The SMILES string of the molecule is CCNc1ccc2cc(OCC)ccc2n1. The second-order valence-corrected chi connectivity index (χ2v) is 3.51. The first-order chi connectivity index (χ1) is 7.83. The van der Waals surface area contributed by atoms with Gasteiger partial charge in [0.05, 0.1) is 12.1 Å². The average Bonchev–Trinajstić information content (AvgIpc) is 2.30. The monoisotopic (exact) mass is 216 g/mol. The molecule has 2 aromatic rings. The number of hydrogen-bond donors (Lipinski definition) is 1. The van der Waals surface area contributed by atoms with E-state index >= 15 is 0 Å². The molecule has 0 amide bonds. The van der Waals surface area contributed by atoms with Gasteiger partial charge in [-0.25, -0.2) is 4.98 Å². The summed E-state index contributed by atoms with van der Waals surface area (Å²) >= 11 is 0. The van der Waals surface area contributed by atoms with Crippen molar-refractivity contribution in [3.63, 3.8) is 0 Å². The van der Waals surface area contributed by atoms with E-state index in [2.05, 4.69) is 23.3 Å². The Labute approximate surface area is 95.5 Å². The first-order valence-corrected chi connectivity index (χ1v) is 5.61. The standard InChI is InChI=1S/C13H16N2O/c1-3-14-13-8-5-10-9-11(16-4-2)6-7-12(10)15-13/h5-9H,3-4H2,1-2H3,(H,14,15). The zero-order valence-electron chi connectivity index (χ0n) is 9.66. The molecule has 0 aliphatic heterocycles. The average molecular weight is 216 g/mol. The summed E-state index contributed by atoms with van der Waals surface area (Å²) in [5.74, 6) is 1.81. The Morgan fingerprint density at radius 1 is 1.19 bits per heavy atom. The van der Waals surface area contributed by atoms with Gasteiger partial charge in [-0.05, 0) is 44.2 Å². The van der Waals surface area contributed by atoms with Gasteiger partial charge >= 0.3 is 0 Å². The van der Waals surface area contributed by atoms with Crippen LogP contribution in [0.5, 0.6) is 5.75 Å². The number of nitrogens with zero attached hydrogens (tertiary/aromatic N) is 1. The van der Waals surface area contributed by atoms with Crippen molar-refractivity contribution in [1.82, 2.24) is 4.98 Å². The van der Waals surface area contributed by atoms with Gasteiger partial charge in [-0.2, -0.15) is 0 Å². The van der Waals surface area contributed by atoms with Gasteiger partial charge in [-0.1, -0.05) is 0 Å². The molecule has 1 aromatic carbocycles. The van der Waals surface area contributed by atoms with E-state index in [0.29, 0.717) is 6.61 Å². The van der Waals surface area contributed by atoms with Crippen molar-refractivity contribution in [2.45, 2.75) is 13.8 Å². The van der Waals surface area contributed by atoms with Gasteiger partial charge in [-0.15, -0.1) is 0 Å². The molecule has 0 atom stereocenters. The molecule has 0 spiro atoms. The number of anilines is 1. The molecule has 84 valence electrons. The van der Waals surface area contributed by atoms with Crippen LogP contribution >= 0.6 is 0 Å². The first-order valence-electron chi connectivity index (χ1n) is 5.61. The quantitative estimate of drug-likeness (QED) is 0.852. The Morgan fingerprint density at radius 3 is 2.81 bits per heavy atom. The van der Waals surface area contributed by atoms with E-state index in [0.717, 1.165) is 29.0 Å². The van der Waals surface area contributed by atoms with E-state index in [1.807, 2.05) is 31.2 Å². The lowest BCUT2D eigenvalue weighted by atomic mass is 10.2. The highest BCUT2D eigenvalue weighted by molar-refractivity contribution is 5.81. The molecule has 0 aliphatic carbocycles. The van der Waals surface area contributed by atoms with E-state index in [4.69, 9.17) is 4.74 Å². The Morgan fingerprint density at radius 2 is 2.06 bits per heavy atom. The Bertz CT molecular complexity index is 437. The molecular weight excluding hydrogens is 200 g/mol. The van der Waals surface area contributed by atoms with E-state index in [1.54, 1.807) is 0 Å². The summed E-state index contributed by atoms with van der Waals surface area (Å²) in [7, 11) is 0. The summed E-state index contributed by atoms with van der Waals surface area (Å²) in [6.45, 7) is 5.62. The topological polar surface area (TPSA) is 34.1 Å². The van der Waals surface area contributed by atoms with Crippen molar-refractivity contribution in [1.29, 1.82) is 0 Å². The maximum Gasteiger partial charge on any atom is 0.126 e. The lowest BCUT2D eigenvalue weighted by Crippen LogP contribution is -1.98. The third kappa shape index (κ3) is 2.24. The first kappa shape index (κ1) is 10.7. The predicted molar refractivity (Wildman–Crippen MR) is 67.1 cm³/mol. The van der Waals surface area contributed by atoms with Crippen LogP contribution in [0.25, 0.3) is 10.9 Å². The maximum atomic E-state index is 5.45. The molecule has 1 heterocycles. The van der Waals surface area contributed by atoms with Crippen molar-refractivity contribution < 1.29 is 4.74 Å². The summed E-state index contributed by atoms with van der Waals surface area (Å²) in [4.78, 5) is 4.50. The molecule has 0 bridgehead atoms. The summed E-state index contributed by atoms with van der Waals surface area (Å²) in [5, 5.41) is 4.30. The van der Waals surface area contributed by atoms with Gasteiger partial charge < -0.3 is 10.1 Å². The highest BCUT2D eigenvalue weighted by Gasteiger charge is 1.99. The van der Waals surface area contributed by atoms with Crippen molar-refractivity contribution >= 4 is 16.7 Å². The second kappa shape index (κ2) is 4.84. The zero-order chi connectivity index (χ0) is 11.4. The van der Waals surface area contributed by atoms with Crippen LogP contribution in [-0.2, 0) is 0 Å². The van der Waals surface area contributed by atoms with Crippen LogP contribution in [0.2, 0.25) is 0 Å². The molecule has 3 heteroatoms. The molecule has 0 fully saturated rings. The van der Waals surface area contributed by atoms with Gasteiger partial charge in [-0.3, -0.25) is 0 Å². The molecule has 2 rings (SSSR count). The minimum Gasteiger partial charge on any atom is -0.494 e. The Kier molecular flexibility index (Phi) is 3.25. The largest absolute Gasteiger partial charge is 0.494 e. The molecule has 16 heavy (non-hydrogen) atoms. The van der Waals surface area contributed by atoms with E-state index in [-0.39, 0.29) is 0 Å². The van der Waals surface area contributed by atoms with Crippen LogP contribution in [0.1, 0.15) is 13.8 Å². The normalized spacial score (nSPS) is 10.4. The number of hydrogen-bond acceptors (Lipinski definition) is 3. The van der Waals surface area contributed by atoms with E-state index in [9.17, 15) is 0 Å². The van der Waals surface area contributed by atoms with E-state index < -0.39 is 0 Å². The maximum absolute atomic E-state index is 5.45. The molecule has 1 N–H and O–H groups in total. The second-order valence-electron chi connectivity index (χ2n) is 3.51. The number of aromatic nitrogens is 1. The van der Waals surface area contributed by atoms with Gasteiger partial charge in [0.25, 0.3) is 0 Å². The Balaban J connectivity index is 2.36. The Hall–Kier alpha value is -1.77. The molecule has 0 unspecified atom stereocenters.